The Balaban J connectivity index is 1.46. The van der Waals surface area contributed by atoms with Crippen LogP contribution in [0.25, 0.3) is 55.7 Å². The van der Waals surface area contributed by atoms with Crippen LogP contribution in [0.15, 0.2) is 128 Å². The van der Waals surface area contributed by atoms with Gasteiger partial charge in [0, 0.05) is 23.3 Å². The van der Waals surface area contributed by atoms with E-state index in [1.165, 1.54) is 12.1 Å². The van der Waals surface area contributed by atoms with Crippen LogP contribution >= 0.6 is 0 Å². The molecule has 0 unspecified atom stereocenters. The maximum Gasteiger partial charge on any atom is 0.193 e. The fraction of sp³-hybridized carbons (Fsp3) is 0. The molecule has 4 aromatic carbocycles. The first-order valence-electron chi connectivity index (χ1n) is 10.9. The van der Waals surface area contributed by atoms with Crippen molar-refractivity contribution in [3.63, 3.8) is 0 Å². The van der Waals surface area contributed by atoms with E-state index >= 15 is 0 Å². The van der Waals surface area contributed by atoms with Crippen molar-refractivity contribution in [2.24, 2.45) is 0 Å². The zero-order valence-electron chi connectivity index (χ0n) is 18.0. The maximum atomic E-state index is 12.9. The van der Waals surface area contributed by atoms with Crippen LogP contribution in [0.3, 0.4) is 0 Å². The predicted octanol–water partition coefficient (Wildman–Crippen LogP) is 6.90. The van der Waals surface area contributed by atoms with Crippen LogP contribution in [0.1, 0.15) is 0 Å². The molecule has 6 aromatic rings. The summed E-state index contributed by atoms with van der Waals surface area (Å²) in [4.78, 5) is 25.6. The highest BCUT2D eigenvalue weighted by atomic mass is 16.3. The standard InChI is InChI=1S/C30H18O4/c31-25-17-29(20-9-5-2-6-10-20)34-30-16-22(11-13-23(25)30)21-12-14-27-24(15-21)26(32)18-28(33-27)19-7-3-1-4-8-19/h1-18H. The van der Waals surface area contributed by atoms with Crippen molar-refractivity contribution >= 4 is 21.9 Å². The van der Waals surface area contributed by atoms with Gasteiger partial charge in [-0.15, -0.1) is 0 Å². The molecule has 2 heterocycles. The van der Waals surface area contributed by atoms with Crippen LogP contribution in [0.5, 0.6) is 0 Å². The van der Waals surface area contributed by atoms with Crippen LogP contribution in [-0.4, -0.2) is 0 Å². The van der Waals surface area contributed by atoms with Gasteiger partial charge in [-0.05, 0) is 35.4 Å². The van der Waals surface area contributed by atoms with Crippen molar-refractivity contribution in [3.8, 4) is 33.8 Å². The second kappa shape index (κ2) is 8.01. The van der Waals surface area contributed by atoms with Gasteiger partial charge in [-0.25, -0.2) is 0 Å². The van der Waals surface area contributed by atoms with E-state index in [0.29, 0.717) is 33.5 Å². The Morgan fingerprint density at radius 2 is 0.941 bits per heavy atom. The Kier molecular flexibility index (Phi) is 4.70. The lowest BCUT2D eigenvalue weighted by Crippen LogP contribution is -2.01. The van der Waals surface area contributed by atoms with Gasteiger partial charge in [0.15, 0.2) is 10.9 Å². The van der Waals surface area contributed by atoms with E-state index < -0.39 is 0 Å². The molecule has 0 saturated carbocycles. The van der Waals surface area contributed by atoms with Gasteiger partial charge in [0.1, 0.15) is 22.7 Å². The molecule has 0 aliphatic rings. The summed E-state index contributed by atoms with van der Waals surface area (Å²) in [7, 11) is 0. The minimum atomic E-state index is -0.111. The molecule has 0 bridgehead atoms. The largest absolute Gasteiger partial charge is 0.456 e. The molecular weight excluding hydrogens is 424 g/mol. The highest BCUT2D eigenvalue weighted by Crippen LogP contribution is 2.29. The molecule has 4 nitrogen and oxygen atoms in total. The summed E-state index contributed by atoms with van der Waals surface area (Å²) in [5, 5.41) is 1.01. The fourth-order valence-electron chi connectivity index (χ4n) is 4.16. The topological polar surface area (TPSA) is 60.4 Å². The SMILES string of the molecule is O=c1cc(-c2ccccc2)oc2cc(-c3ccc4oc(-c5ccccc5)cc(=O)c4c3)ccc12. The Morgan fingerprint density at radius 3 is 1.59 bits per heavy atom. The lowest BCUT2D eigenvalue weighted by molar-refractivity contribution is 0.619. The number of hydrogen-bond acceptors (Lipinski definition) is 4. The van der Waals surface area contributed by atoms with Crippen molar-refractivity contribution in [2.75, 3.05) is 0 Å². The maximum absolute atomic E-state index is 12.9. The number of hydrogen-bond donors (Lipinski definition) is 0. The van der Waals surface area contributed by atoms with Gasteiger partial charge in [0.05, 0.1) is 10.8 Å². The zero-order valence-corrected chi connectivity index (χ0v) is 18.0. The van der Waals surface area contributed by atoms with Gasteiger partial charge >= 0.3 is 0 Å². The summed E-state index contributed by atoms with van der Waals surface area (Å²) in [5.74, 6) is 1.05. The average molecular weight is 442 g/mol. The lowest BCUT2D eigenvalue weighted by Gasteiger charge is -2.08. The van der Waals surface area contributed by atoms with Crippen LogP contribution in [0.4, 0.5) is 0 Å². The molecule has 0 N–H and O–H groups in total. The van der Waals surface area contributed by atoms with Crippen molar-refractivity contribution in [3.05, 3.63) is 130 Å². The Labute approximate surface area is 194 Å². The Bertz CT molecular complexity index is 1780. The zero-order chi connectivity index (χ0) is 23.1. The van der Waals surface area contributed by atoms with E-state index in [4.69, 9.17) is 8.83 Å². The molecule has 2 aromatic heterocycles. The quantitative estimate of drug-likeness (QED) is 0.299. The molecule has 0 spiro atoms. The van der Waals surface area contributed by atoms with Crippen molar-refractivity contribution in [1.82, 2.24) is 0 Å². The molecule has 34 heavy (non-hydrogen) atoms. The van der Waals surface area contributed by atoms with Gasteiger partial charge in [0.2, 0.25) is 0 Å². The van der Waals surface area contributed by atoms with E-state index in [0.717, 1.165) is 22.3 Å². The number of fused-ring (bicyclic) bond motifs is 2. The molecule has 0 atom stereocenters. The fourth-order valence-corrected chi connectivity index (χ4v) is 4.16. The Hall–Kier alpha value is -4.70. The minimum Gasteiger partial charge on any atom is -0.456 e. The second-order valence-corrected chi connectivity index (χ2v) is 8.10. The number of benzene rings is 4. The second-order valence-electron chi connectivity index (χ2n) is 8.10. The van der Waals surface area contributed by atoms with Crippen LogP contribution in [0, 0.1) is 0 Å². The third kappa shape index (κ3) is 3.51. The summed E-state index contributed by atoms with van der Waals surface area (Å²) in [6.07, 6.45) is 0. The first-order chi connectivity index (χ1) is 16.7. The summed E-state index contributed by atoms with van der Waals surface area (Å²) in [6, 6.07) is 33.1. The summed E-state index contributed by atoms with van der Waals surface area (Å²) >= 11 is 0. The minimum absolute atomic E-state index is 0.0979. The summed E-state index contributed by atoms with van der Waals surface area (Å²) in [5.41, 5.74) is 4.18. The van der Waals surface area contributed by atoms with E-state index in [1.807, 2.05) is 84.9 Å². The highest BCUT2D eigenvalue weighted by molar-refractivity contribution is 5.88. The van der Waals surface area contributed by atoms with E-state index in [-0.39, 0.29) is 10.9 Å². The highest BCUT2D eigenvalue weighted by Gasteiger charge is 2.11. The smallest absolute Gasteiger partial charge is 0.193 e. The average Bonchev–Trinajstić information content (AvgIpc) is 2.89. The van der Waals surface area contributed by atoms with Crippen molar-refractivity contribution in [1.29, 1.82) is 0 Å². The summed E-state index contributed by atoms with van der Waals surface area (Å²) in [6.45, 7) is 0. The van der Waals surface area contributed by atoms with Gasteiger partial charge in [-0.1, -0.05) is 72.8 Å². The van der Waals surface area contributed by atoms with Gasteiger partial charge in [0.25, 0.3) is 0 Å². The van der Waals surface area contributed by atoms with E-state index in [1.54, 1.807) is 12.1 Å². The monoisotopic (exact) mass is 442 g/mol. The molecule has 0 amide bonds. The van der Waals surface area contributed by atoms with Crippen LogP contribution in [-0.2, 0) is 0 Å². The predicted molar refractivity (Wildman–Crippen MR) is 135 cm³/mol. The third-order valence-corrected chi connectivity index (χ3v) is 5.91. The van der Waals surface area contributed by atoms with Gasteiger partial charge in [-0.2, -0.15) is 0 Å². The molecule has 0 saturated heterocycles. The van der Waals surface area contributed by atoms with E-state index in [2.05, 4.69) is 0 Å². The number of rotatable bonds is 3. The molecule has 0 aliphatic carbocycles. The molecule has 0 aliphatic heterocycles. The van der Waals surface area contributed by atoms with Crippen molar-refractivity contribution < 1.29 is 8.83 Å². The van der Waals surface area contributed by atoms with Crippen LogP contribution in [0.2, 0.25) is 0 Å². The first kappa shape index (κ1) is 19.9. The molecule has 6 rings (SSSR count). The molecule has 4 heteroatoms. The molecule has 0 fully saturated rings. The third-order valence-electron chi connectivity index (χ3n) is 5.91. The molecule has 0 radical (unpaired) electrons. The molecule has 162 valence electrons. The Morgan fingerprint density at radius 1 is 0.412 bits per heavy atom. The van der Waals surface area contributed by atoms with E-state index in [9.17, 15) is 9.59 Å². The van der Waals surface area contributed by atoms with Crippen LogP contribution < -0.4 is 10.9 Å². The molecular formula is C30H18O4. The van der Waals surface area contributed by atoms with Crippen molar-refractivity contribution in [2.45, 2.75) is 0 Å². The lowest BCUT2D eigenvalue weighted by atomic mass is 10.0. The normalized spacial score (nSPS) is 11.2. The van der Waals surface area contributed by atoms with Gasteiger partial charge < -0.3 is 8.83 Å². The summed E-state index contributed by atoms with van der Waals surface area (Å²) < 4.78 is 12.1. The first-order valence-corrected chi connectivity index (χ1v) is 10.9. The van der Waals surface area contributed by atoms with Gasteiger partial charge in [-0.3, -0.25) is 9.59 Å².